The Bertz CT molecular complexity index is 240. The van der Waals surface area contributed by atoms with Gasteiger partial charge in [-0.25, -0.2) is 8.78 Å². The highest BCUT2D eigenvalue weighted by atomic mass is 19.3. The zero-order valence-corrected chi connectivity index (χ0v) is 5.92. The average molecular weight is 159 g/mol. The fourth-order valence-corrected chi connectivity index (χ4v) is 0.742. The van der Waals surface area contributed by atoms with Crippen molar-refractivity contribution in [2.45, 2.75) is 6.43 Å². The third-order valence-electron chi connectivity index (χ3n) is 1.27. The van der Waals surface area contributed by atoms with Crippen molar-refractivity contribution in [3.8, 4) is 5.75 Å². The van der Waals surface area contributed by atoms with Gasteiger partial charge in [0.1, 0.15) is 5.75 Å². The lowest BCUT2D eigenvalue weighted by Crippen LogP contribution is -1.92. The first-order valence-corrected chi connectivity index (χ1v) is 3.01. The Hall–Kier alpha value is -1.19. The van der Waals surface area contributed by atoms with Gasteiger partial charge < -0.3 is 4.74 Å². The second kappa shape index (κ2) is 3.27. The molecule has 1 heterocycles. The number of methoxy groups -OCH3 is 1. The first-order chi connectivity index (χ1) is 5.25. The van der Waals surface area contributed by atoms with Gasteiger partial charge in [0.05, 0.1) is 18.9 Å². The van der Waals surface area contributed by atoms with Gasteiger partial charge in [0.25, 0.3) is 6.43 Å². The van der Waals surface area contributed by atoms with Crippen LogP contribution < -0.4 is 4.74 Å². The topological polar surface area (TPSA) is 22.1 Å². The quantitative estimate of drug-likeness (QED) is 0.658. The second-order valence-electron chi connectivity index (χ2n) is 1.92. The van der Waals surface area contributed by atoms with Crippen molar-refractivity contribution in [2.75, 3.05) is 7.11 Å². The number of nitrogens with zero attached hydrogens (tertiary/aromatic N) is 1. The average Bonchev–Trinajstić information content (AvgIpc) is 2.04. The second-order valence-corrected chi connectivity index (χ2v) is 1.92. The third kappa shape index (κ3) is 1.63. The van der Waals surface area contributed by atoms with Gasteiger partial charge in [0.2, 0.25) is 0 Å². The van der Waals surface area contributed by atoms with E-state index in [4.69, 9.17) is 0 Å². The summed E-state index contributed by atoms with van der Waals surface area (Å²) >= 11 is 0. The molecule has 0 N–H and O–H groups in total. The van der Waals surface area contributed by atoms with Crippen LogP contribution in [0.25, 0.3) is 0 Å². The molecule has 4 heteroatoms. The lowest BCUT2D eigenvalue weighted by Gasteiger charge is -2.04. The number of aromatic nitrogens is 1. The molecule has 0 bridgehead atoms. The minimum absolute atomic E-state index is 0.123. The van der Waals surface area contributed by atoms with Crippen molar-refractivity contribution >= 4 is 0 Å². The smallest absolute Gasteiger partial charge is 0.267 e. The van der Waals surface area contributed by atoms with E-state index in [0.717, 1.165) is 0 Å². The van der Waals surface area contributed by atoms with E-state index in [1.165, 1.54) is 25.6 Å². The van der Waals surface area contributed by atoms with E-state index in [1.54, 1.807) is 0 Å². The van der Waals surface area contributed by atoms with Crippen molar-refractivity contribution in [1.82, 2.24) is 4.98 Å². The van der Waals surface area contributed by atoms with Crippen molar-refractivity contribution < 1.29 is 13.5 Å². The maximum absolute atomic E-state index is 12.1. The molecular formula is C7H7F2NO. The molecule has 0 aliphatic heterocycles. The summed E-state index contributed by atoms with van der Waals surface area (Å²) in [4.78, 5) is 3.64. The Kier molecular flexibility index (Phi) is 2.36. The van der Waals surface area contributed by atoms with Gasteiger partial charge in [-0.2, -0.15) is 0 Å². The predicted octanol–water partition coefficient (Wildman–Crippen LogP) is 2.03. The molecule has 0 spiro atoms. The monoisotopic (exact) mass is 159 g/mol. The zero-order chi connectivity index (χ0) is 8.27. The predicted molar refractivity (Wildman–Crippen MR) is 35.7 cm³/mol. The van der Waals surface area contributed by atoms with Crippen LogP contribution in [0.3, 0.4) is 0 Å². The van der Waals surface area contributed by atoms with Gasteiger partial charge in [-0.05, 0) is 6.07 Å². The van der Waals surface area contributed by atoms with Gasteiger partial charge in [-0.3, -0.25) is 4.98 Å². The number of ether oxygens (including phenoxy) is 1. The summed E-state index contributed by atoms with van der Waals surface area (Å²) < 4.78 is 28.9. The van der Waals surface area contributed by atoms with Crippen molar-refractivity contribution in [2.24, 2.45) is 0 Å². The standard InChI is InChI=1S/C7H7F2NO/c1-11-6-4-10-3-2-5(6)7(8)9/h2-4,7H,1H3. The molecule has 0 aromatic carbocycles. The van der Waals surface area contributed by atoms with Gasteiger partial charge in [0, 0.05) is 6.20 Å². The molecular weight excluding hydrogens is 152 g/mol. The molecule has 2 nitrogen and oxygen atoms in total. The summed E-state index contributed by atoms with van der Waals surface area (Å²) in [5.41, 5.74) is -0.123. The van der Waals surface area contributed by atoms with E-state index in [2.05, 4.69) is 9.72 Å². The van der Waals surface area contributed by atoms with E-state index in [1.807, 2.05) is 0 Å². The SMILES string of the molecule is COc1cnccc1C(F)F. The maximum atomic E-state index is 12.1. The number of rotatable bonds is 2. The van der Waals surface area contributed by atoms with Crippen LogP contribution >= 0.6 is 0 Å². The summed E-state index contributed by atoms with van der Waals surface area (Å²) in [5.74, 6) is 0.127. The lowest BCUT2D eigenvalue weighted by atomic mass is 10.2. The molecule has 60 valence electrons. The van der Waals surface area contributed by atoms with E-state index in [9.17, 15) is 8.78 Å². The fraction of sp³-hybridized carbons (Fsp3) is 0.286. The Morgan fingerprint density at radius 3 is 2.73 bits per heavy atom. The number of hydrogen-bond acceptors (Lipinski definition) is 2. The van der Waals surface area contributed by atoms with Crippen LogP contribution in [-0.4, -0.2) is 12.1 Å². The van der Waals surface area contributed by atoms with E-state index in [0.29, 0.717) is 0 Å². The lowest BCUT2D eigenvalue weighted by molar-refractivity contribution is 0.147. The summed E-state index contributed by atoms with van der Waals surface area (Å²) in [5, 5.41) is 0. The van der Waals surface area contributed by atoms with Gasteiger partial charge in [-0.15, -0.1) is 0 Å². The zero-order valence-electron chi connectivity index (χ0n) is 5.92. The molecule has 0 unspecified atom stereocenters. The summed E-state index contributed by atoms with van der Waals surface area (Å²) in [6.45, 7) is 0. The maximum Gasteiger partial charge on any atom is 0.267 e. The first-order valence-electron chi connectivity index (χ1n) is 3.01. The fourth-order valence-electron chi connectivity index (χ4n) is 0.742. The normalized spacial score (nSPS) is 10.2. The Balaban J connectivity index is 3.02. The van der Waals surface area contributed by atoms with E-state index in [-0.39, 0.29) is 11.3 Å². The highest BCUT2D eigenvalue weighted by molar-refractivity contribution is 5.30. The number of alkyl halides is 2. The van der Waals surface area contributed by atoms with Crippen molar-refractivity contribution in [3.05, 3.63) is 24.0 Å². The minimum Gasteiger partial charge on any atom is -0.495 e. The van der Waals surface area contributed by atoms with Gasteiger partial charge >= 0.3 is 0 Å². The summed E-state index contributed by atoms with van der Waals surface area (Å²) in [7, 11) is 1.34. The molecule has 0 saturated heterocycles. The Morgan fingerprint density at radius 1 is 1.55 bits per heavy atom. The van der Waals surface area contributed by atoms with Crippen LogP contribution in [0.1, 0.15) is 12.0 Å². The largest absolute Gasteiger partial charge is 0.495 e. The van der Waals surface area contributed by atoms with Crippen LogP contribution in [0.5, 0.6) is 5.75 Å². The molecule has 0 amide bonds. The van der Waals surface area contributed by atoms with Crippen LogP contribution in [0.4, 0.5) is 8.78 Å². The molecule has 1 rings (SSSR count). The summed E-state index contributed by atoms with van der Waals surface area (Å²) in [6, 6.07) is 1.24. The minimum atomic E-state index is -2.51. The molecule has 11 heavy (non-hydrogen) atoms. The van der Waals surface area contributed by atoms with E-state index < -0.39 is 6.43 Å². The number of pyridine rings is 1. The van der Waals surface area contributed by atoms with Crippen LogP contribution in [-0.2, 0) is 0 Å². The van der Waals surface area contributed by atoms with Crippen LogP contribution in [0.15, 0.2) is 18.5 Å². The molecule has 0 atom stereocenters. The highest BCUT2D eigenvalue weighted by Crippen LogP contribution is 2.26. The Morgan fingerprint density at radius 2 is 2.27 bits per heavy atom. The number of hydrogen-bond donors (Lipinski definition) is 0. The molecule has 1 aromatic rings. The Labute approximate surface area is 62.8 Å². The van der Waals surface area contributed by atoms with Crippen molar-refractivity contribution in [3.63, 3.8) is 0 Å². The molecule has 0 aliphatic rings. The molecule has 1 aromatic heterocycles. The molecule has 0 aliphatic carbocycles. The summed E-state index contributed by atoms with van der Waals surface area (Å²) in [6.07, 6.45) is 0.0684. The first kappa shape index (κ1) is 7.91. The van der Waals surface area contributed by atoms with Crippen LogP contribution in [0.2, 0.25) is 0 Å². The highest BCUT2D eigenvalue weighted by Gasteiger charge is 2.12. The van der Waals surface area contributed by atoms with Crippen molar-refractivity contribution in [1.29, 1.82) is 0 Å². The van der Waals surface area contributed by atoms with E-state index >= 15 is 0 Å². The van der Waals surface area contributed by atoms with Gasteiger partial charge in [0.15, 0.2) is 0 Å². The molecule has 0 fully saturated rings. The van der Waals surface area contributed by atoms with Gasteiger partial charge in [-0.1, -0.05) is 0 Å². The molecule has 0 saturated carbocycles. The third-order valence-corrected chi connectivity index (χ3v) is 1.27. The number of halogens is 2. The van der Waals surface area contributed by atoms with Crippen LogP contribution in [0, 0.1) is 0 Å². The molecule has 0 radical (unpaired) electrons.